The number of aromatic amines is 1. The molecular weight excluding hydrogens is 424 g/mol. The highest BCUT2D eigenvalue weighted by atomic mass is 16.5. The van der Waals surface area contributed by atoms with Gasteiger partial charge in [0, 0.05) is 30.1 Å². The van der Waals surface area contributed by atoms with Gasteiger partial charge in [-0.25, -0.2) is 4.79 Å². The van der Waals surface area contributed by atoms with Crippen LogP contribution in [0.5, 0.6) is 0 Å². The Morgan fingerprint density at radius 1 is 1.18 bits per heavy atom. The monoisotopic (exact) mass is 444 g/mol. The van der Waals surface area contributed by atoms with Crippen LogP contribution in [0, 0.1) is 11.3 Å². The maximum atomic E-state index is 13.1. The average Bonchev–Trinajstić information content (AvgIpc) is 3.37. The number of benzene rings is 2. The van der Waals surface area contributed by atoms with E-state index in [1.54, 1.807) is 35.9 Å². The first-order valence-corrected chi connectivity index (χ1v) is 10.2. The lowest BCUT2D eigenvalue weighted by atomic mass is 10.1. The van der Waals surface area contributed by atoms with Crippen LogP contribution >= 0.6 is 0 Å². The number of rotatable bonds is 6. The van der Waals surface area contributed by atoms with Crippen LogP contribution in [0.1, 0.15) is 35.8 Å². The predicted molar refractivity (Wildman–Crippen MR) is 122 cm³/mol. The number of amides is 2. The Morgan fingerprint density at radius 3 is 2.70 bits per heavy atom. The molecule has 0 spiro atoms. The summed E-state index contributed by atoms with van der Waals surface area (Å²) >= 11 is 0. The first-order chi connectivity index (χ1) is 15.9. The molecule has 2 aromatic heterocycles. The molecule has 0 aliphatic rings. The van der Waals surface area contributed by atoms with E-state index in [1.165, 1.54) is 6.07 Å². The van der Waals surface area contributed by atoms with E-state index in [0.29, 0.717) is 34.6 Å². The zero-order chi connectivity index (χ0) is 23.5. The van der Waals surface area contributed by atoms with Crippen LogP contribution in [-0.2, 0) is 11.8 Å². The first kappa shape index (κ1) is 21.6. The van der Waals surface area contributed by atoms with Gasteiger partial charge in [-0.3, -0.25) is 19.1 Å². The molecule has 0 unspecified atom stereocenters. The van der Waals surface area contributed by atoms with Crippen LogP contribution in [-0.4, -0.2) is 26.5 Å². The van der Waals surface area contributed by atoms with E-state index in [0.717, 1.165) is 17.3 Å². The summed E-state index contributed by atoms with van der Waals surface area (Å²) in [6.45, 7) is 1.93. The maximum Gasteiger partial charge on any atom is 0.439 e. The number of aryl methyl sites for hydroxylation is 1. The van der Waals surface area contributed by atoms with Gasteiger partial charge in [-0.05, 0) is 42.8 Å². The number of H-pyrrole nitrogens is 1. The second-order valence-electron chi connectivity index (χ2n) is 7.43. The lowest BCUT2D eigenvalue weighted by Crippen LogP contribution is -2.16. The number of fused-ring (bicyclic) bond motifs is 1. The van der Waals surface area contributed by atoms with Crippen molar-refractivity contribution in [3.63, 3.8) is 0 Å². The van der Waals surface area contributed by atoms with E-state index in [2.05, 4.69) is 25.3 Å². The third-order valence-electron chi connectivity index (χ3n) is 5.13. The highest BCUT2D eigenvalue weighted by Gasteiger charge is 2.18. The van der Waals surface area contributed by atoms with E-state index in [-0.39, 0.29) is 11.7 Å². The zero-order valence-electron chi connectivity index (χ0n) is 17.9. The Kier molecular flexibility index (Phi) is 5.78. The van der Waals surface area contributed by atoms with Crippen LogP contribution in [0.3, 0.4) is 0 Å². The van der Waals surface area contributed by atoms with E-state index in [9.17, 15) is 19.6 Å². The lowest BCUT2D eigenvalue weighted by Gasteiger charge is -2.10. The van der Waals surface area contributed by atoms with E-state index < -0.39 is 11.7 Å². The smallest absolute Gasteiger partial charge is 0.340 e. The molecule has 10 heteroatoms. The number of hydrogen-bond donors (Lipinski definition) is 3. The van der Waals surface area contributed by atoms with Gasteiger partial charge in [0.1, 0.15) is 5.69 Å². The van der Waals surface area contributed by atoms with Crippen LogP contribution in [0.2, 0.25) is 0 Å². The van der Waals surface area contributed by atoms with Crippen LogP contribution in [0.25, 0.3) is 22.3 Å². The SMILES string of the molecule is CCCC(=O)Nc1ccc2cc(C(=O)Nc3ccc(C#N)cc3-c3noc(=O)[nH]3)n(C)c2c1. The quantitative estimate of drug-likeness (QED) is 0.415. The number of nitrogens with one attached hydrogen (secondary N) is 3. The molecule has 4 rings (SSSR count). The Hall–Kier alpha value is -4.65. The van der Waals surface area contributed by atoms with Gasteiger partial charge in [-0.15, -0.1) is 0 Å². The van der Waals surface area contributed by atoms with Gasteiger partial charge in [0.25, 0.3) is 5.91 Å². The second-order valence-corrected chi connectivity index (χ2v) is 7.43. The lowest BCUT2D eigenvalue weighted by molar-refractivity contribution is -0.116. The van der Waals surface area contributed by atoms with Crippen molar-refractivity contribution in [3.8, 4) is 17.5 Å². The molecule has 10 nitrogen and oxygen atoms in total. The van der Waals surface area contributed by atoms with Crippen molar-refractivity contribution in [2.45, 2.75) is 19.8 Å². The Bertz CT molecular complexity index is 1470. The topological polar surface area (TPSA) is 146 Å². The molecule has 0 fully saturated rings. The molecule has 0 aliphatic carbocycles. The van der Waals surface area contributed by atoms with Crippen LogP contribution in [0.15, 0.2) is 51.8 Å². The summed E-state index contributed by atoms with van der Waals surface area (Å²) in [5.74, 6) is -1.12. The molecule has 0 atom stereocenters. The predicted octanol–water partition coefficient (Wildman–Crippen LogP) is 3.38. The minimum Gasteiger partial charge on any atom is -0.340 e. The standard InChI is InChI=1S/C23H20N6O4/c1-3-4-20(30)25-15-7-6-14-10-19(29(2)18(14)11-15)22(31)26-17-8-5-13(12-24)9-16(17)21-27-23(32)33-28-21/h5-11H,3-4H2,1-2H3,(H,25,30)(H,26,31)(H,27,28,32). The van der Waals surface area contributed by atoms with E-state index in [1.807, 2.05) is 25.1 Å². The summed E-state index contributed by atoms with van der Waals surface area (Å²) in [4.78, 5) is 38.8. The maximum absolute atomic E-state index is 13.1. The van der Waals surface area contributed by atoms with Gasteiger partial charge < -0.3 is 15.2 Å². The summed E-state index contributed by atoms with van der Waals surface area (Å²) in [7, 11) is 1.75. The molecule has 2 heterocycles. The molecular formula is C23H20N6O4. The van der Waals surface area contributed by atoms with Crippen molar-refractivity contribution in [2.24, 2.45) is 7.05 Å². The minimum atomic E-state index is -0.750. The summed E-state index contributed by atoms with van der Waals surface area (Å²) in [6.07, 6.45) is 1.19. The molecule has 0 bridgehead atoms. The highest BCUT2D eigenvalue weighted by Crippen LogP contribution is 2.28. The molecule has 0 aliphatic heterocycles. The van der Waals surface area contributed by atoms with Crippen molar-refractivity contribution in [2.75, 3.05) is 10.6 Å². The summed E-state index contributed by atoms with van der Waals surface area (Å²) in [5, 5.41) is 19.4. The van der Waals surface area contributed by atoms with Gasteiger partial charge >= 0.3 is 5.76 Å². The molecule has 0 saturated heterocycles. The van der Waals surface area contributed by atoms with Gasteiger partial charge in [-0.1, -0.05) is 18.1 Å². The molecule has 0 radical (unpaired) electrons. The minimum absolute atomic E-state index is 0.0664. The summed E-state index contributed by atoms with van der Waals surface area (Å²) in [5.41, 5.74) is 2.82. The molecule has 33 heavy (non-hydrogen) atoms. The summed E-state index contributed by atoms with van der Waals surface area (Å²) < 4.78 is 6.28. The molecule has 0 saturated carbocycles. The number of hydrogen-bond acceptors (Lipinski definition) is 6. The molecule has 2 amide bonds. The van der Waals surface area contributed by atoms with E-state index >= 15 is 0 Å². The first-order valence-electron chi connectivity index (χ1n) is 10.2. The number of carbonyl (C=O) groups is 2. The van der Waals surface area contributed by atoms with Gasteiger partial charge in [0.15, 0.2) is 5.82 Å². The fraction of sp³-hybridized carbons (Fsp3) is 0.174. The number of aromatic nitrogens is 3. The van der Waals surface area contributed by atoms with Crippen LogP contribution < -0.4 is 16.4 Å². The number of nitrogens with zero attached hydrogens (tertiary/aromatic N) is 3. The Labute approximate surface area is 187 Å². The third kappa shape index (κ3) is 4.38. The van der Waals surface area contributed by atoms with Gasteiger partial charge in [0.05, 0.1) is 22.8 Å². The van der Waals surface area contributed by atoms with Gasteiger partial charge in [0.2, 0.25) is 5.91 Å². The normalized spacial score (nSPS) is 10.7. The molecule has 3 N–H and O–H groups in total. The Morgan fingerprint density at radius 2 is 2.00 bits per heavy atom. The van der Waals surface area contributed by atoms with Crippen molar-refractivity contribution < 1.29 is 14.1 Å². The van der Waals surface area contributed by atoms with Crippen molar-refractivity contribution >= 4 is 34.1 Å². The fourth-order valence-corrected chi connectivity index (χ4v) is 3.53. The fourth-order valence-electron chi connectivity index (χ4n) is 3.53. The zero-order valence-corrected chi connectivity index (χ0v) is 17.9. The van der Waals surface area contributed by atoms with Crippen molar-refractivity contribution in [1.82, 2.24) is 14.7 Å². The average molecular weight is 444 g/mol. The van der Waals surface area contributed by atoms with Gasteiger partial charge in [-0.2, -0.15) is 5.26 Å². The number of anilines is 2. The number of carbonyl (C=O) groups excluding carboxylic acids is 2. The molecule has 166 valence electrons. The highest BCUT2D eigenvalue weighted by molar-refractivity contribution is 6.08. The molecule has 4 aromatic rings. The summed E-state index contributed by atoms with van der Waals surface area (Å²) in [6, 6.07) is 13.8. The second kappa shape index (κ2) is 8.84. The van der Waals surface area contributed by atoms with E-state index in [4.69, 9.17) is 0 Å². The molecule has 2 aromatic carbocycles. The number of nitriles is 1. The van der Waals surface area contributed by atoms with Crippen molar-refractivity contribution in [3.05, 3.63) is 64.3 Å². The van der Waals surface area contributed by atoms with Crippen LogP contribution in [0.4, 0.5) is 11.4 Å². The largest absolute Gasteiger partial charge is 0.439 e. The van der Waals surface area contributed by atoms with Crippen molar-refractivity contribution in [1.29, 1.82) is 5.26 Å². The third-order valence-corrected chi connectivity index (χ3v) is 5.13. The Balaban J connectivity index is 1.66.